The van der Waals surface area contributed by atoms with Gasteiger partial charge < -0.3 is 9.73 Å². The summed E-state index contributed by atoms with van der Waals surface area (Å²) in [5, 5.41) is 3.45. The fourth-order valence-corrected chi connectivity index (χ4v) is 2.21. The van der Waals surface area contributed by atoms with Gasteiger partial charge in [0.1, 0.15) is 0 Å². The Morgan fingerprint density at radius 2 is 1.76 bits per heavy atom. The van der Waals surface area contributed by atoms with E-state index >= 15 is 0 Å². The zero-order valence-corrected chi connectivity index (χ0v) is 10.7. The van der Waals surface area contributed by atoms with Crippen molar-refractivity contribution in [2.24, 2.45) is 0 Å². The van der Waals surface area contributed by atoms with E-state index in [9.17, 15) is 0 Å². The van der Waals surface area contributed by atoms with Gasteiger partial charge in [0.2, 0.25) is 0 Å². The minimum Gasteiger partial charge on any atom is -0.472 e. The van der Waals surface area contributed by atoms with E-state index in [4.69, 9.17) is 4.42 Å². The molecule has 0 amide bonds. The molecule has 1 heterocycles. The molecule has 1 N–H and O–H groups in total. The number of rotatable bonds is 4. The molecule has 0 radical (unpaired) electrons. The molecule has 0 fully saturated rings. The third-order valence-electron chi connectivity index (χ3n) is 3.05. The van der Waals surface area contributed by atoms with Gasteiger partial charge in [-0.25, -0.2) is 0 Å². The Kier molecular flexibility index (Phi) is 3.64. The van der Waals surface area contributed by atoms with Crippen molar-refractivity contribution in [2.45, 2.75) is 33.9 Å². The molecule has 0 bridgehead atoms. The second kappa shape index (κ2) is 5.19. The molecule has 0 aliphatic heterocycles. The smallest absolute Gasteiger partial charge is 0.0947 e. The van der Waals surface area contributed by atoms with Crippen LogP contribution in [0.5, 0.6) is 0 Å². The predicted molar refractivity (Wildman–Crippen MR) is 69.9 cm³/mol. The molecule has 90 valence electrons. The van der Waals surface area contributed by atoms with Crippen LogP contribution < -0.4 is 5.32 Å². The first kappa shape index (κ1) is 11.9. The molecule has 1 aromatic heterocycles. The molecule has 2 heteroatoms. The van der Waals surface area contributed by atoms with Crippen LogP contribution in [0.15, 0.2) is 35.1 Å². The van der Waals surface area contributed by atoms with Gasteiger partial charge in [0.25, 0.3) is 0 Å². The number of furan rings is 1. The van der Waals surface area contributed by atoms with E-state index in [1.807, 2.05) is 6.07 Å². The number of hydrogen-bond acceptors (Lipinski definition) is 2. The summed E-state index contributed by atoms with van der Waals surface area (Å²) in [5.74, 6) is 0. The number of hydrogen-bond donors (Lipinski definition) is 1. The lowest BCUT2D eigenvalue weighted by molar-refractivity contribution is 0.560. The van der Waals surface area contributed by atoms with Gasteiger partial charge >= 0.3 is 0 Å². The standard InChI is InChI=1S/C15H19NO/c1-11-6-12(2)15(13(3)7-11)9-16-8-14-4-5-17-10-14/h4-7,10,16H,8-9H2,1-3H3. The maximum Gasteiger partial charge on any atom is 0.0947 e. The lowest BCUT2D eigenvalue weighted by Crippen LogP contribution is -2.14. The van der Waals surface area contributed by atoms with E-state index in [1.54, 1.807) is 12.5 Å². The quantitative estimate of drug-likeness (QED) is 0.868. The van der Waals surface area contributed by atoms with Crippen LogP contribution in [0, 0.1) is 20.8 Å². The van der Waals surface area contributed by atoms with Gasteiger partial charge in [0.05, 0.1) is 12.5 Å². The average Bonchev–Trinajstić information content (AvgIpc) is 2.74. The lowest BCUT2D eigenvalue weighted by atomic mass is 10.00. The van der Waals surface area contributed by atoms with Crippen molar-refractivity contribution in [1.82, 2.24) is 5.32 Å². The lowest BCUT2D eigenvalue weighted by Gasteiger charge is -2.11. The molecule has 0 atom stereocenters. The van der Waals surface area contributed by atoms with Crippen molar-refractivity contribution in [3.63, 3.8) is 0 Å². The summed E-state index contributed by atoms with van der Waals surface area (Å²) < 4.78 is 5.04. The summed E-state index contributed by atoms with van der Waals surface area (Å²) in [6.07, 6.45) is 3.49. The predicted octanol–water partition coefficient (Wildman–Crippen LogP) is 3.49. The third-order valence-corrected chi connectivity index (χ3v) is 3.05. The van der Waals surface area contributed by atoms with Crippen molar-refractivity contribution in [3.8, 4) is 0 Å². The molecular weight excluding hydrogens is 210 g/mol. The van der Waals surface area contributed by atoms with Gasteiger partial charge in [-0.1, -0.05) is 17.7 Å². The van der Waals surface area contributed by atoms with Gasteiger partial charge in [-0.15, -0.1) is 0 Å². The summed E-state index contributed by atoms with van der Waals surface area (Å²) in [6.45, 7) is 8.25. The van der Waals surface area contributed by atoms with Crippen LogP contribution in [0.2, 0.25) is 0 Å². The minimum atomic E-state index is 0.850. The highest BCUT2D eigenvalue weighted by Crippen LogP contribution is 2.16. The molecule has 0 saturated heterocycles. The zero-order chi connectivity index (χ0) is 12.3. The van der Waals surface area contributed by atoms with Crippen LogP contribution in [-0.4, -0.2) is 0 Å². The van der Waals surface area contributed by atoms with Crippen LogP contribution in [0.1, 0.15) is 27.8 Å². The van der Waals surface area contributed by atoms with Crippen LogP contribution in [-0.2, 0) is 13.1 Å². The van der Waals surface area contributed by atoms with Crippen LogP contribution in [0.4, 0.5) is 0 Å². The maximum atomic E-state index is 5.04. The summed E-state index contributed by atoms with van der Waals surface area (Å²) in [4.78, 5) is 0. The van der Waals surface area contributed by atoms with Gasteiger partial charge in [-0.3, -0.25) is 0 Å². The van der Waals surface area contributed by atoms with E-state index in [0.717, 1.165) is 13.1 Å². The molecule has 1 aromatic carbocycles. The zero-order valence-electron chi connectivity index (χ0n) is 10.7. The minimum absolute atomic E-state index is 0.850. The second-order valence-electron chi connectivity index (χ2n) is 4.61. The number of aryl methyl sites for hydroxylation is 3. The highest BCUT2D eigenvalue weighted by atomic mass is 16.3. The summed E-state index contributed by atoms with van der Waals surface area (Å²) in [7, 11) is 0. The SMILES string of the molecule is Cc1cc(C)c(CNCc2ccoc2)c(C)c1. The van der Waals surface area contributed by atoms with Crippen molar-refractivity contribution in [1.29, 1.82) is 0 Å². The molecule has 0 aliphatic rings. The fraction of sp³-hybridized carbons (Fsp3) is 0.333. The van der Waals surface area contributed by atoms with Gasteiger partial charge in [-0.2, -0.15) is 0 Å². The van der Waals surface area contributed by atoms with Crippen molar-refractivity contribution >= 4 is 0 Å². The highest BCUT2D eigenvalue weighted by Gasteiger charge is 2.03. The Hall–Kier alpha value is -1.54. The molecule has 2 rings (SSSR count). The van der Waals surface area contributed by atoms with Gasteiger partial charge in [0, 0.05) is 18.7 Å². The van der Waals surface area contributed by atoms with Crippen molar-refractivity contribution in [3.05, 3.63) is 58.5 Å². The summed E-state index contributed by atoms with van der Waals surface area (Å²) in [6, 6.07) is 6.46. The molecule has 0 aliphatic carbocycles. The summed E-state index contributed by atoms with van der Waals surface area (Å²) in [5.41, 5.74) is 6.65. The van der Waals surface area contributed by atoms with E-state index < -0.39 is 0 Å². The highest BCUT2D eigenvalue weighted by molar-refractivity contribution is 5.37. The Bertz CT molecular complexity index is 463. The third kappa shape index (κ3) is 2.98. The molecule has 2 nitrogen and oxygen atoms in total. The first-order chi connectivity index (χ1) is 8.16. The Labute approximate surface area is 103 Å². The van der Waals surface area contributed by atoms with Crippen LogP contribution in [0.25, 0.3) is 0 Å². The normalized spacial score (nSPS) is 10.8. The molecule has 0 spiro atoms. The van der Waals surface area contributed by atoms with Gasteiger partial charge in [0.15, 0.2) is 0 Å². The molecule has 2 aromatic rings. The fourth-order valence-electron chi connectivity index (χ4n) is 2.21. The summed E-state index contributed by atoms with van der Waals surface area (Å²) >= 11 is 0. The Morgan fingerprint density at radius 3 is 2.35 bits per heavy atom. The largest absolute Gasteiger partial charge is 0.472 e. The van der Waals surface area contributed by atoms with Gasteiger partial charge in [-0.05, 0) is 43.5 Å². The first-order valence-corrected chi connectivity index (χ1v) is 5.95. The number of nitrogens with one attached hydrogen (secondary N) is 1. The molecule has 0 unspecified atom stereocenters. The second-order valence-corrected chi connectivity index (χ2v) is 4.61. The molecule has 0 saturated carbocycles. The maximum absolute atomic E-state index is 5.04. The Balaban J connectivity index is 1.99. The topological polar surface area (TPSA) is 25.2 Å². The average molecular weight is 229 g/mol. The molecular formula is C15H19NO. The van der Waals surface area contributed by atoms with E-state index in [1.165, 1.54) is 27.8 Å². The van der Waals surface area contributed by atoms with E-state index in [-0.39, 0.29) is 0 Å². The van der Waals surface area contributed by atoms with E-state index in [0.29, 0.717) is 0 Å². The van der Waals surface area contributed by atoms with E-state index in [2.05, 4.69) is 38.2 Å². The van der Waals surface area contributed by atoms with Crippen LogP contribution >= 0.6 is 0 Å². The van der Waals surface area contributed by atoms with Crippen molar-refractivity contribution < 1.29 is 4.42 Å². The molecule has 17 heavy (non-hydrogen) atoms. The van der Waals surface area contributed by atoms with Crippen molar-refractivity contribution in [2.75, 3.05) is 0 Å². The monoisotopic (exact) mass is 229 g/mol. The number of benzene rings is 1. The van der Waals surface area contributed by atoms with Crippen LogP contribution in [0.3, 0.4) is 0 Å². The Morgan fingerprint density at radius 1 is 1.06 bits per heavy atom. The first-order valence-electron chi connectivity index (χ1n) is 5.95.